The lowest BCUT2D eigenvalue weighted by Gasteiger charge is -2.44. The van der Waals surface area contributed by atoms with Gasteiger partial charge in [-0.1, -0.05) is 63.6 Å². The highest BCUT2D eigenvalue weighted by Gasteiger charge is 2.47. The number of urea groups is 1. The Kier molecular flexibility index (Phi) is 7.27. The topological polar surface area (TPSA) is 52.7 Å². The molecule has 1 spiro atoms. The monoisotopic (exact) mass is 479 g/mol. The molecule has 3 amide bonds. The lowest BCUT2D eigenvalue weighted by Crippen LogP contribution is -2.54. The van der Waals surface area contributed by atoms with Crippen molar-refractivity contribution in [3.05, 3.63) is 64.7 Å². The standard InChI is InChI=1S/C28H37N3O2S/c1-19(2)23-10-7-11-24(20(3)4)25(23)29-27(33)30-14-12-28(13-15-30)31(16-17-34-28)26(32)22-9-6-8-21(5)18-22/h6-11,18-20H,12-17H2,1-5H3,(H,29,33). The SMILES string of the molecule is Cc1cccc(C(=O)N2CCSC23CCN(C(=O)Nc2c(C(C)C)cccc2C(C)C)CC3)c1. The van der Waals surface area contributed by atoms with Gasteiger partial charge in [0.2, 0.25) is 0 Å². The van der Waals surface area contributed by atoms with Crippen molar-refractivity contribution >= 4 is 29.4 Å². The van der Waals surface area contributed by atoms with E-state index in [-0.39, 0.29) is 16.8 Å². The minimum Gasteiger partial charge on any atom is -0.324 e. The summed E-state index contributed by atoms with van der Waals surface area (Å²) in [7, 11) is 0. The van der Waals surface area contributed by atoms with Crippen LogP contribution in [0.25, 0.3) is 0 Å². The molecule has 0 atom stereocenters. The van der Waals surface area contributed by atoms with Gasteiger partial charge in [-0.15, -0.1) is 11.8 Å². The summed E-state index contributed by atoms with van der Waals surface area (Å²) in [5.74, 6) is 1.71. The molecule has 2 aromatic carbocycles. The molecular formula is C28H37N3O2S. The first-order chi connectivity index (χ1) is 16.2. The fourth-order valence-corrected chi connectivity index (χ4v) is 6.64. The Morgan fingerprint density at radius 2 is 1.56 bits per heavy atom. The predicted octanol–water partition coefficient (Wildman–Crippen LogP) is 6.46. The van der Waals surface area contributed by atoms with Gasteiger partial charge in [-0.2, -0.15) is 0 Å². The summed E-state index contributed by atoms with van der Waals surface area (Å²) in [4.78, 5) is 30.4. The smallest absolute Gasteiger partial charge is 0.321 e. The van der Waals surface area contributed by atoms with Gasteiger partial charge in [-0.05, 0) is 54.9 Å². The van der Waals surface area contributed by atoms with E-state index in [1.807, 2.05) is 47.9 Å². The minimum atomic E-state index is -0.212. The molecule has 0 bridgehead atoms. The van der Waals surface area contributed by atoms with Crippen LogP contribution in [0.3, 0.4) is 0 Å². The quantitative estimate of drug-likeness (QED) is 0.548. The van der Waals surface area contributed by atoms with Crippen molar-refractivity contribution in [2.45, 2.75) is 64.2 Å². The normalized spacial score (nSPS) is 17.6. The molecule has 2 heterocycles. The fourth-order valence-electron chi connectivity index (χ4n) is 5.18. The maximum atomic E-state index is 13.4. The first-order valence-electron chi connectivity index (χ1n) is 12.4. The van der Waals surface area contributed by atoms with E-state index in [0.29, 0.717) is 24.9 Å². The Morgan fingerprint density at radius 3 is 2.15 bits per heavy atom. The molecule has 4 rings (SSSR count). The number of carbonyl (C=O) groups is 2. The lowest BCUT2D eigenvalue weighted by molar-refractivity contribution is 0.0585. The maximum absolute atomic E-state index is 13.4. The number of nitrogens with one attached hydrogen (secondary N) is 1. The first-order valence-corrected chi connectivity index (χ1v) is 13.4. The maximum Gasteiger partial charge on any atom is 0.321 e. The Hall–Kier alpha value is -2.47. The van der Waals surface area contributed by atoms with Crippen LogP contribution in [-0.4, -0.2) is 52.0 Å². The van der Waals surface area contributed by atoms with E-state index in [0.717, 1.165) is 42.0 Å². The number of nitrogens with zero attached hydrogens (tertiary/aromatic N) is 2. The average molecular weight is 480 g/mol. The number of anilines is 1. The Balaban J connectivity index is 1.47. The van der Waals surface area contributed by atoms with E-state index in [4.69, 9.17) is 0 Å². The van der Waals surface area contributed by atoms with Crippen molar-refractivity contribution in [1.29, 1.82) is 0 Å². The van der Waals surface area contributed by atoms with Crippen molar-refractivity contribution in [3.63, 3.8) is 0 Å². The molecule has 2 fully saturated rings. The summed E-state index contributed by atoms with van der Waals surface area (Å²) in [5, 5.41) is 3.26. The molecule has 0 unspecified atom stereocenters. The number of hydrogen-bond donors (Lipinski definition) is 1. The highest BCUT2D eigenvalue weighted by Crippen LogP contribution is 2.44. The van der Waals surface area contributed by atoms with Crippen LogP contribution in [0.2, 0.25) is 0 Å². The molecule has 6 heteroatoms. The van der Waals surface area contributed by atoms with E-state index in [9.17, 15) is 9.59 Å². The summed E-state index contributed by atoms with van der Waals surface area (Å²) < 4.78 is 0. The number of para-hydroxylation sites is 1. The summed E-state index contributed by atoms with van der Waals surface area (Å²) in [5.41, 5.74) is 5.17. The van der Waals surface area contributed by atoms with E-state index in [1.165, 1.54) is 11.1 Å². The van der Waals surface area contributed by atoms with Crippen LogP contribution in [0, 0.1) is 6.92 Å². The van der Waals surface area contributed by atoms with E-state index in [2.05, 4.69) is 56.1 Å². The van der Waals surface area contributed by atoms with Crippen LogP contribution in [-0.2, 0) is 0 Å². The number of hydrogen-bond acceptors (Lipinski definition) is 3. The largest absolute Gasteiger partial charge is 0.324 e. The van der Waals surface area contributed by atoms with Gasteiger partial charge in [0.25, 0.3) is 5.91 Å². The molecule has 5 nitrogen and oxygen atoms in total. The second-order valence-electron chi connectivity index (χ2n) is 10.2. The molecule has 0 aliphatic carbocycles. The minimum absolute atomic E-state index is 0.0376. The van der Waals surface area contributed by atoms with Crippen molar-refractivity contribution in [1.82, 2.24) is 9.80 Å². The van der Waals surface area contributed by atoms with Gasteiger partial charge in [-0.25, -0.2) is 4.79 Å². The van der Waals surface area contributed by atoms with Crippen LogP contribution < -0.4 is 5.32 Å². The zero-order valence-electron chi connectivity index (χ0n) is 21.1. The van der Waals surface area contributed by atoms with Gasteiger partial charge in [0.1, 0.15) is 0 Å². The fraction of sp³-hybridized carbons (Fsp3) is 0.500. The second kappa shape index (κ2) is 10.0. The van der Waals surface area contributed by atoms with Crippen molar-refractivity contribution in [2.75, 3.05) is 30.7 Å². The first kappa shape index (κ1) is 24.6. The Bertz CT molecular complexity index is 1030. The summed E-state index contributed by atoms with van der Waals surface area (Å²) in [6, 6.07) is 14.1. The van der Waals surface area contributed by atoms with Gasteiger partial charge in [0.15, 0.2) is 0 Å². The van der Waals surface area contributed by atoms with Crippen molar-refractivity contribution in [2.24, 2.45) is 0 Å². The number of carbonyl (C=O) groups excluding carboxylic acids is 2. The van der Waals surface area contributed by atoms with Gasteiger partial charge >= 0.3 is 6.03 Å². The second-order valence-corrected chi connectivity index (χ2v) is 11.6. The highest BCUT2D eigenvalue weighted by molar-refractivity contribution is 8.00. The zero-order chi connectivity index (χ0) is 24.5. The third-order valence-electron chi connectivity index (χ3n) is 7.12. The number of piperidine rings is 1. The summed E-state index contributed by atoms with van der Waals surface area (Å²) in [6.45, 7) is 12.7. The van der Waals surface area contributed by atoms with Crippen LogP contribution in [0.15, 0.2) is 42.5 Å². The molecule has 0 saturated carbocycles. The highest BCUT2D eigenvalue weighted by atomic mass is 32.2. The third-order valence-corrected chi connectivity index (χ3v) is 8.68. The van der Waals surface area contributed by atoms with Gasteiger partial charge in [0, 0.05) is 36.6 Å². The molecule has 1 N–H and O–H groups in total. The Morgan fingerprint density at radius 1 is 0.941 bits per heavy atom. The van der Waals surface area contributed by atoms with Crippen LogP contribution in [0.4, 0.5) is 10.5 Å². The molecule has 0 aromatic heterocycles. The summed E-state index contributed by atoms with van der Waals surface area (Å²) >= 11 is 1.88. The van der Waals surface area contributed by atoms with Crippen molar-refractivity contribution < 1.29 is 9.59 Å². The molecular weight excluding hydrogens is 442 g/mol. The van der Waals surface area contributed by atoms with Gasteiger partial charge in [-0.3, -0.25) is 4.79 Å². The number of thioether (sulfide) groups is 1. The molecule has 2 aromatic rings. The van der Waals surface area contributed by atoms with E-state index < -0.39 is 0 Å². The van der Waals surface area contributed by atoms with Gasteiger partial charge < -0.3 is 15.1 Å². The molecule has 2 aliphatic heterocycles. The average Bonchev–Trinajstić information content (AvgIpc) is 3.21. The Labute approximate surface area is 208 Å². The zero-order valence-corrected chi connectivity index (χ0v) is 21.9. The molecule has 2 saturated heterocycles. The summed E-state index contributed by atoms with van der Waals surface area (Å²) in [6.07, 6.45) is 1.59. The third kappa shape index (κ3) is 4.83. The molecule has 34 heavy (non-hydrogen) atoms. The lowest BCUT2D eigenvalue weighted by atomic mass is 9.92. The number of likely N-dealkylation sites (tertiary alicyclic amines) is 1. The van der Waals surface area contributed by atoms with Crippen LogP contribution in [0.5, 0.6) is 0 Å². The van der Waals surface area contributed by atoms with Crippen LogP contribution >= 0.6 is 11.8 Å². The van der Waals surface area contributed by atoms with Crippen LogP contribution in [0.1, 0.15) is 79.4 Å². The molecule has 0 radical (unpaired) electrons. The number of aryl methyl sites for hydroxylation is 1. The predicted molar refractivity (Wildman–Crippen MR) is 142 cm³/mol. The number of benzene rings is 2. The van der Waals surface area contributed by atoms with E-state index in [1.54, 1.807) is 0 Å². The molecule has 2 aliphatic rings. The molecule has 182 valence electrons. The van der Waals surface area contributed by atoms with E-state index >= 15 is 0 Å². The number of rotatable bonds is 4. The van der Waals surface area contributed by atoms with Gasteiger partial charge in [0.05, 0.1) is 4.87 Å². The number of amides is 3. The van der Waals surface area contributed by atoms with Crippen molar-refractivity contribution in [3.8, 4) is 0 Å².